The molecule has 0 bridgehead atoms. The van der Waals surface area contributed by atoms with Crippen LogP contribution >= 0.6 is 15.9 Å². The summed E-state index contributed by atoms with van der Waals surface area (Å²) in [7, 11) is 0. The van der Waals surface area contributed by atoms with Crippen molar-refractivity contribution in [3.8, 4) is 23.5 Å². The number of aryl methyl sites for hydroxylation is 1. The minimum Gasteiger partial charge on any atom is -0.484 e. The normalized spacial score (nSPS) is 14.3. The first kappa shape index (κ1) is 21.4. The Kier molecular flexibility index (Phi) is 5.10. The van der Waals surface area contributed by atoms with Crippen molar-refractivity contribution in [2.24, 2.45) is 0 Å². The van der Waals surface area contributed by atoms with Gasteiger partial charge in [-0.3, -0.25) is 4.57 Å². The van der Waals surface area contributed by atoms with Crippen LogP contribution in [0.2, 0.25) is 0 Å². The van der Waals surface area contributed by atoms with Crippen LogP contribution in [0.1, 0.15) is 17.0 Å². The second-order valence-corrected chi connectivity index (χ2v) is 8.25. The van der Waals surface area contributed by atoms with Gasteiger partial charge < -0.3 is 9.47 Å². The van der Waals surface area contributed by atoms with Crippen LogP contribution < -0.4 is 4.74 Å². The fourth-order valence-corrected chi connectivity index (χ4v) is 3.87. The van der Waals surface area contributed by atoms with Gasteiger partial charge >= 0.3 is 6.18 Å². The van der Waals surface area contributed by atoms with Crippen LogP contribution in [0, 0.1) is 18.3 Å². The Morgan fingerprint density at radius 2 is 2.03 bits per heavy atom. The zero-order chi connectivity index (χ0) is 23.3. The van der Waals surface area contributed by atoms with E-state index in [1.165, 1.54) is 18.5 Å². The molecule has 0 spiro atoms. The van der Waals surface area contributed by atoms with Crippen LogP contribution in [0.3, 0.4) is 0 Å². The number of rotatable bonds is 4. The summed E-state index contributed by atoms with van der Waals surface area (Å²) in [5.74, 6) is 0.335. The first-order valence-electron chi connectivity index (χ1n) is 9.71. The molecular weight excluding hydrogens is 505 g/mol. The molecule has 168 valence electrons. The van der Waals surface area contributed by atoms with Crippen molar-refractivity contribution in [2.45, 2.75) is 19.2 Å². The van der Waals surface area contributed by atoms with E-state index >= 15 is 0 Å². The third kappa shape index (κ3) is 3.83. The van der Waals surface area contributed by atoms with Crippen molar-refractivity contribution in [3.05, 3.63) is 58.1 Å². The number of hydrogen-bond donors (Lipinski definition) is 0. The molecule has 4 aromatic rings. The highest BCUT2D eigenvalue weighted by molar-refractivity contribution is 9.10. The van der Waals surface area contributed by atoms with Gasteiger partial charge in [-0.05, 0) is 47.1 Å². The van der Waals surface area contributed by atoms with Crippen molar-refractivity contribution in [1.29, 1.82) is 5.26 Å². The number of pyridine rings is 1. The number of nitriles is 1. The predicted octanol–water partition coefficient (Wildman–Crippen LogP) is 4.35. The van der Waals surface area contributed by atoms with Gasteiger partial charge in [-0.1, -0.05) is 0 Å². The average Bonchev–Trinajstić information content (AvgIpc) is 3.32. The molecule has 1 aliphatic rings. The summed E-state index contributed by atoms with van der Waals surface area (Å²) < 4.78 is 55.6. The number of ether oxygens (including phenoxy) is 2. The SMILES string of the molecule is Cc1cc(C#N)nn1-c1nc(-n2cnc3cc(Br)c(OC4COC4)cc32)ccc1C(F)(F)F. The van der Waals surface area contributed by atoms with Gasteiger partial charge in [-0.15, -0.1) is 0 Å². The largest absolute Gasteiger partial charge is 0.484 e. The maximum Gasteiger partial charge on any atom is 0.420 e. The molecule has 0 aliphatic carbocycles. The molecule has 0 saturated carbocycles. The molecular formula is C21H14BrF3N6O2. The lowest BCUT2D eigenvalue weighted by molar-refractivity contribution is -0.137. The first-order valence-corrected chi connectivity index (χ1v) is 10.5. The second-order valence-electron chi connectivity index (χ2n) is 7.40. The van der Waals surface area contributed by atoms with Gasteiger partial charge in [-0.25, -0.2) is 14.6 Å². The molecule has 3 aromatic heterocycles. The lowest BCUT2D eigenvalue weighted by atomic mass is 10.2. The maximum absolute atomic E-state index is 13.7. The van der Waals surface area contributed by atoms with E-state index in [-0.39, 0.29) is 17.6 Å². The fraction of sp³-hybridized carbons (Fsp3) is 0.238. The van der Waals surface area contributed by atoms with Crippen molar-refractivity contribution >= 4 is 27.0 Å². The van der Waals surface area contributed by atoms with Gasteiger partial charge in [0, 0.05) is 11.8 Å². The molecule has 0 radical (unpaired) electrons. The predicted molar refractivity (Wildman–Crippen MR) is 113 cm³/mol. The molecule has 8 nitrogen and oxygen atoms in total. The van der Waals surface area contributed by atoms with Crippen molar-refractivity contribution in [1.82, 2.24) is 24.3 Å². The molecule has 5 rings (SSSR count). The third-order valence-corrected chi connectivity index (χ3v) is 5.74. The number of fused-ring (bicyclic) bond motifs is 1. The summed E-state index contributed by atoms with van der Waals surface area (Å²) in [6, 6.07) is 8.95. The van der Waals surface area contributed by atoms with Crippen LogP contribution in [0.5, 0.6) is 5.75 Å². The van der Waals surface area contributed by atoms with Crippen LogP contribution in [-0.4, -0.2) is 43.6 Å². The highest BCUT2D eigenvalue weighted by atomic mass is 79.9. The number of alkyl halides is 3. The smallest absolute Gasteiger partial charge is 0.420 e. The molecule has 0 N–H and O–H groups in total. The summed E-state index contributed by atoms with van der Waals surface area (Å²) in [4.78, 5) is 8.62. The monoisotopic (exact) mass is 518 g/mol. The molecule has 33 heavy (non-hydrogen) atoms. The minimum atomic E-state index is -4.67. The van der Waals surface area contributed by atoms with Crippen molar-refractivity contribution in [3.63, 3.8) is 0 Å². The Morgan fingerprint density at radius 1 is 1.24 bits per heavy atom. The van der Waals surface area contributed by atoms with Crippen molar-refractivity contribution in [2.75, 3.05) is 13.2 Å². The van der Waals surface area contributed by atoms with Crippen LogP contribution in [0.15, 0.2) is 41.1 Å². The van der Waals surface area contributed by atoms with Crippen LogP contribution in [0.4, 0.5) is 13.2 Å². The molecule has 0 amide bonds. The van der Waals surface area contributed by atoms with Gasteiger partial charge in [0.25, 0.3) is 0 Å². The Labute approximate surface area is 193 Å². The first-order chi connectivity index (χ1) is 15.7. The third-order valence-electron chi connectivity index (χ3n) is 5.12. The molecule has 0 atom stereocenters. The van der Waals surface area contributed by atoms with Gasteiger partial charge in [0.15, 0.2) is 11.5 Å². The summed E-state index contributed by atoms with van der Waals surface area (Å²) in [5, 5.41) is 13.1. The van der Waals surface area contributed by atoms with E-state index in [0.717, 1.165) is 10.7 Å². The van der Waals surface area contributed by atoms with Crippen LogP contribution in [0.25, 0.3) is 22.7 Å². The number of benzene rings is 1. The Bertz CT molecular complexity index is 1420. The van der Waals surface area contributed by atoms with Crippen LogP contribution in [-0.2, 0) is 10.9 Å². The Hall–Kier alpha value is -3.43. The zero-order valence-electron chi connectivity index (χ0n) is 17.0. The van der Waals surface area contributed by atoms with E-state index in [9.17, 15) is 13.2 Å². The molecule has 1 aliphatic heterocycles. The lowest BCUT2D eigenvalue weighted by Gasteiger charge is -2.27. The molecule has 1 aromatic carbocycles. The summed E-state index contributed by atoms with van der Waals surface area (Å²) in [6.45, 7) is 2.53. The summed E-state index contributed by atoms with van der Waals surface area (Å²) in [6.07, 6.45) is -3.26. The van der Waals surface area contributed by atoms with Crippen molar-refractivity contribution < 1.29 is 22.6 Å². The van der Waals surface area contributed by atoms with E-state index in [2.05, 4.69) is 31.0 Å². The van der Waals surface area contributed by atoms with Gasteiger partial charge in [0.05, 0.1) is 28.7 Å². The fourth-order valence-electron chi connectivity index (χ4n) is 3.44. The second kappa shape index (κ2) is 7.86. The number of hydrogen-bond acceptors (Lipinski definition) is 6. The molecule has 12 heteroatoms. The number of halogens is 4. The maximum atomic E-state index is 13.7. The molecule has 4 heterocycles. The van der Waals surface area contributed by atoms with E-state index in [1.54, 1.807) is 23.6 Å². The quantitative estimate of drug-likeness (QED) is 0.399. The average molecular weight is 519 g/mol. The molecule has 1 saturated heterocycles. The number of nitrogens with zero attached hydrogens (tertiary/aromatic N) is 6. The molecule has 1 fully saturated rings. The summed E-state index contributed by atoms with van der Waals surface area (Å²) >= 11 is 3.46. The minimum absolute atomic E-state index is 0.00692. The van der Waals surface area contributed by atoms with Gasteiger partial charge in [0.2, 0.25) is 0 Å². The number of imidazole rings is 1. The standard InChI is InChI=1S/C21H14BrF3N6O2/c1-11-4-12(7-26)29-31(11)20-14(21(23,24)25)2-3-19(28-20)30-10-27-16-5-15(22)18(6-17(16)30)33-13-8-32-9-13/h2-6,10,13H,8-9H2,1H3. The highest BCUT2D eigenvalue weighted by Crippen LogP contribution is 2.35. The van der Waals surface area contributed by atoms with E-state index in [0.29, 0.717) is 40.2 Å². The van der Waals surface area contributed by atoms with Gasteiger partial charge in [0.1, 0.15) is 35.6 Å². The van der Waals surface area contributed by atoms with E-state index < -0.39 is 17.6 Å². The zero-order valence-corrected chi connectivity index (χ0v) is 18.6. The Morgan fingerprint density at radius 3 is 2.67 bits per heavy atom. The topological polar surface area (TPSA) is 90.8 Å². The Balaban J connectivity index is 1.66. The number of aromatic nitrogens is 5. The molecule has 0 unspecified atom stereocenters. The lowest BCUT2D eigenvalue weighted by Crippen LogP contribution is -2.38. The summed E-state index contributed by atoms with van der Waals surface area (Å²) in [5.41, 5.74) is 0.570. The van der Waals surface area contributed by atoms with E-state index in [4.69, 9.17) is 14.7 Å². The van der Waals surface area contributed by atoms with Gasteiger partial charge in [-0.2, -0.15) is 23.5 Å². The van der Waals surface area contributed by atoms with E-state index in [1.807, 2.05) is 6.07 Å². The highest BCUT2D eigenvalue weighted by Gasteiger charge is 2.36.